The molecule has 1 aliphatic rings. The summed E-state index contributed by atoms with van der Waals surface area (Å²) in [6.07, 6.45) is 22.9. The Labute approximate surface area is 134 Å². The number of unbranched alkanes of at least 4 members (excludes halogenated alkanes) is 11. The third-order valence-electron chi connectivity index (χ3n) is 4.61. The molecule has 1 nitrogen and oxygen atoms in total. The van der Waals surface area contributed by atoms with E-state index in [1.807, 2.05) is 6.61 Å². The maximum Gasteiger partial charge on any atom is 0.0833 e. The Hall–Kier alpha value is -0.0400. The summed E-state index contributed by atoms with van der Waals surface area (Å²) in [6.45, 7) is 4.97. The molecule has 0 amide bonds. The van der Waals surface area contributed by atoms with Gasteiger partial charge in [-0.1, -0.05) is 96.8 Å². The molecule has 0 unspecified atom stereocenters. The first-order valence-electron chi connectivity index (χ1n) is 9.86. The van der Waals surface area contributed by atoms with Crippen molar-refractivity contribution < 1.29 is 4.74 Å². The van der Waals surface area contributed by atoms with Crippen LogP contribution >= 0.6 is 0 Å². The topological polar surface area (TPSA) is 9.23 Å². The highest BCUT2D eigenvalue weighted by molar-refractivity contribution is 4.72. The second-order valence-electron chi connectivity index (χ2n) is 6.92. The van der Waals surface area contributed by atoms with E-state index in [-0.39, 0.29) is 0 Å². The van der Waals surface area contributed by atoms with E-state index >= 15 is 0 Å². The van der Waals surface area contributed by atoms with E-state index < -0.39 is 0 Å². The summed E-state index contributed by atoms with van der Waals surface area (Å²) in [5, 5.41) is 0. The van der Waals surface area contributed by atoms with Gasteiger partial charge >= 0.3 is 0 Å². The van der Waals surface area contributed by atoms with Crippen molar-refractivity contribution in [3.8, 4) is 0 Å². The fourth-order valence-electron chi connectivity index (χ4n) is 2.99. The highest BCUT2D eigenvalue weighted by Crippen LogP contribution is 2.34. The number of hydrogen-bond donors (Lipinski definition) is 0. The van der Waals surface area contributed by atoms with Crippen molar-refractivity contribution in [1.29, 1.82) is 0 Å². The minimum Gasteiger partial charge on any atom is -0.376 e. The Morgan fingerprint density at radius 3 is 1.67 bits per heavy atom. The maximum atomic E-state index is 5.37. The van der Waals surface area contributed by atoms with Crippen LogP contribution in [0.1, 0.15) is 110 Å². The van der Waals surface area contributed by atoms with E-state index in [1.165, 1.54) is 96.3 Å². The van der Waals surface area contributed by atoms with Crippen molar-refractivity contribution in [2.24, 2.45) is 5.92 Å². The Morgan fingerprint density at radius 2 is 1.19 bits per heavy atom. The molecule has 0 saturated heterocycles. The molecule has 1 heteroatoms. The molecule has 1 rings (SSSR count). The Morgan fingerprint density at radius 1 is 0.714 bits per heavy atom. The first-order chi connectivity index (χ1) is 10.4. The molecule has 125 valence electrons. The van der Waals surface area contributed by atoms with Crippen LogP contribution in [0.5, 0.6) is 0 Å². The molecule has 1 aliphatic carbocycles. The predicted molar refractivity (Wildman–Crippen MR) is 93.3 cm³/mol. The lowest BCUT2D eigenvalue weighted by Crippen LogP contribution is -1.91. The van der Waals surface area contributed by atoms with Gasteiger partial charge in [0.25, 0.3) is 0 Å². The smallest absolute Gasteiger partial charge is 0.0833 e. The molecule has 1 fully saturated rings. The van der Waals surface area contributed by atoms with Crippen molar-refractivity contribution in [1.82, 2.24) is 0 Å². The molecule has 0 aliphatic heterocycles. The SMILES string of the molecule is CC[CH]OCCCCCCCCCCCCCCC1CC1. The monoisotopic (exact) mass is 295 g/mol. The van der Waals surface area contributed by atoms with Gasteiger partial charge in [-0.15, -0.1) is 0 Å². The molecular formula is C20H39O. The van der Waals surface area contributed by atoms with Crippen LogP contribution in [0.4, 0.5) is 0 Å². The summed E-state index contributed by atoms with van der Waals surface area (Å²) in [6, 6.07) is 0. The summed E-state index contributed by atoms with van der Waals surface area (Å²) in [4.78, 5) is 0. The van der Waals surface area contributed by atoms with Crippen LogP contribution < -0.4 is 0 Å². The zero-order valence-electron chi connectivity index (χ0n) is 14.6. The molecule has 0 aromatic carbocycles. The third-order valence-corrected chi connectivity index (χ3v) is 4.61. The molecule has 21 heavy (non-hydrogen) atoms. The average Bonchev–Trinajstić information content (AvgIpc) is 3.31. The van der Waals surface area contributed by atoms with E-state index in [0.717, 1.165) is 18.9 Å². The lowest BCUT2D eigenvalue weighted by molar-refractivity contribution is 0.188. The van der Waals surface area contributed by atoms with Gasteiger partial charge < -0.3 is 4.74 Å². The first kappa shape index (κ1) is 19.0. The standard InChI is InChI=1S/C20H39O/c1-2-18-21-19-14-12-10-8-6-4-3-5-7-9-11-13-15-20-16-17-20/h18,20H,2-17,19H2,1H3. The van der Waals surface area contributed by atoms with Crippen LogP contribution in [0.2, 0.25) is 0 Å². The van der Waals surface area contributed by atoms with Crippen LogP contribution in [-0.4, -0.2) is 6.61 Å². The molecule has 0 atom stereocenters. The van der Waals surface area contributed by atoms with Gasteiger partial charge in [-0.2, -0.15) is 0 Å². The van der Waals surface area contributed by atoms with E-state index in [4.69, 9.17) is 4.74 Å². The lowest BCUT2D eigenvalue weighted by Gasteiger charge is -2.04. The van der Waals surface area contributed by atoms with E-state index in [1.54, 1.807) is 0 Å². The van der Waals surface area contributed by atoms with Gasteiger partial charge in [0, 0.05) is 6.61 Å². The first-order valence-corrected chi connectivity index (χ1v) is 9.86. The van der Waals surface area contributed by atoms with Crippen LogP contribution in [0, 0.1) is 12.5 Å². The molecule has 0 aromatic heterocycles. The van der Waals surface area contributed by atoms with Gasteiger partial charge in [0.15, 0.2) is 0 Å². The molecule has 0 N–H and O–H groups in total. The quantitative estimate of drug-likeness (QED) is 0.261. The Balaban J connectivity index is 1.59. The zero-order chi connectivity index (χ0) is 15.0. The van der Waals surface area contributed by atoms with Crippen molar-refractivity contribution >= 4 is 0 Å². The number of ether oxygens (including phenoxy) is 1. The van der Waals surface area contributed by atoms with Gasteiger partial charge in [0.05, 0.1) is 6.61 Å². The van der Waals surface area contributed by atoms with Crippen LogP contribution in [0.15, 0.2) is 0 Å². The average molecular weight is 296 g/mol. The third kappa shape index (κ3) is 14.7. The van der Waals surface area contributed by atoms with Crippen LogP contribution in [-0.2, 0) is 4.74 Å². The Bertz CT molecular complexity index is 198. The molecule has 0 spiro atoms. The van der Waals surface area contributed by atoms with Crippen molar-refractivity contribution in [3.05, 3.63) is 6.61 Å². The second kappa shape index (κ2) is 14.9. The van der Waals surface area contributed by atoms with E-state index in [0.29, 0.717) is 0 Å². The molecule has 1 radical (unpaired) electrons. The van der Waals surface area contributed by atoms with Crippen molar-refractivity contribution in [2.75, 3.05) is 6.61 Å². The van der Waals surface area contributed by atoms with Gasteiger partial charge in [0.2, 0.25) is 0 Å². The van der Waals surface area contributed by atoms with Crippen LogP contribution in [0.3, 0.4) is 0 Å². The maximum absolute atomic E-state index is 5.37. The summed E-state index contributed by atoms with van der Waals surface area (Å²) in [7, 11) is 0. The van der Waals surface area contributed by atoms with Crippen LogP contribution in [0.25, 0.3) is 0 Å². The lowest BCUT2D eigenvalue weighted by atomic mass is 10.0. The number of hydrogen-bond acceptors (Lipinski definition) is 1. The van der Waals surface area contributed by atoms with Gasteiger partial charge in [0.1, 0.15) is 0 Å². The Kier molecular flexibility index (Phi) is 13.5. The second-order valence-corrected chi connectivity index (χ2v) is 6.92. The molecular weight excluding hydrogens is 256 g/mol. The summed E-state index contributed by atoms with van der Waals surface area (Å²) < 4.78 is 5.37. The van der Waals surface area contributed by atoms with E-state index in [2.05, 4.69) is 6.92 Å². The molecule has 1 saturated carbocycles. The van der Waals surface area contributed by atoms with Crippen molar-refractivity contribution in [2.45, 2.75) is 110 Å². The largest absolute Gasteiger partial charge is 0.376 e. The highest BCUT2D eigenvalue weighted by atomic mass is 16.5. The van der Waals surface area contributed by atoms with Gasteiger partial charge in [-0.25, -0.2) is 0 Å². The minimum atomic E-state index is 0.925. The zero-order valence-corrected chi connectivity index (χ0v) is 14.6. The van der Waals surface area contributed by atoms with Crippen molar-refractivity contribution in [3.63, 3.8) is 0 Å². The van der Waals surface area contributed by atoms with Gasteiger partial charge in [-0.05, 0) is 18.8 Å². The minimum absolute atomic E-state index is 0.925. The predicted octanol–water partition coefficient (Wildman–Crippen LogP) is 7.06. The summed E-state index contributed by atoms with van der Waals surface area (Å²) >= 11 is 0. The fraction of sp³-hybridized carbons (Fsp3) is 0.950. The van der Waals surface area contributed by atoms with E-state index in [9.17, 15) is 0 Å². The summed E-state index contributed by atoms with van der Waals surface area (Å²) in [5.41, 5.74) is 0. The van der Waals surface area contributed by atoms with Gasteiger partial charge in [-0.3, -0.25) is 0 Å². The normalized spacial score (nSPS) is 14.7. The molecule has 0 aromatic rings. The number of rotatable bonds is 17. The molecule has 0 heterocycles. The highest BCUT2D eigenvalue weighted by Gasteiger charge is 2.19. The molecule has 0 bridgehead atoms. The summed E-state index contributed by atoms with van der Waals surface area (Å²) in [5.74, 6) is 1.14. The fourth-order valence-corrected chi connectivity index (χ4v) is 2.99.